The molecule has 0 spiro atoms. The molecule has 3 heterocycles. The zero-order chi connectivity index (χ0) is 53.1. The van der Waals surface area contributed by atoms with Crippen LogP contribution in [0.4, 0.5) is 0 Å². The number of aliphatic hydroxyl groups is 3. The number of nitrogens with zero attached hydrogens (tertiary/aromatic N) is 1. The molecule has 15 atom stereocenters. The molecular formula is C56H89NO15. The maximum absolute atomic E-state index is 14.6. The largest absolute Gasteiger partial charge is 0.460 e. The van der Waals surface area contributed by atoms with E-state index in [0.717, 1.165) is 18.4 Å². The minimum Gasteiger partial charge on any atom is -0.460 e. The zero-order valence-corrected chi connectivity index (χ0v) is 45.0. The minimum atomic E-state index is -2.46. The third-order valence-corrected chi connectivity index (χ3v) is 15.4. The van der Waals surface area contributed by atoms with Gasteiger partial charge in [-0.25, -0.2) is 4.79 Å². The summed E-state index contributed by atoms with van der Waals surface area (Å²) in [7, 11) is 4.61. The highest BCUT2D eigenvalue weighted by Gasteiger charge is 2.53. The fourth-order valence-electron chi connectivity index (χ4n) is 10.8. The molecule has 0 aromatic carbocycles. The van der Waals surface area contributed by atoms with Crippen molar-refractivity contribution < 1.29 is 72.5 Å². The number of carbonyl (C=O) groups excluding carboxylic acids is 5. The Kier molecular flexibility index (Phi) is 25.6. The van der Waals surface area contributed by atoms with Gasteiger partial charge in [0.05, 0.1) is 37.6 Å². The Morgan fingerprint density at radius 3 is 2.28 bits per heavy atom. The molecule has 2 bridgehead atoms. The van der Waals surface area contributed by atoms with E-state index in [9.17, 15) is 39.3 Å². The number of amides is 1. The smallest absolute Gasteiger partial charge is 0.329 e. The highest BCUT2D eigenvalue weighted by atomic mass is 16.6. The summed E-state index contributed by atoms with van der Waals surface area (Å²) in [6.07, 6.45) is 12.4. The van der Waals surface area contributed by atoms with Crippen molar-refractivity contribution in [3.8, 4) is 0 Å². The van der Waals surface area contributed by atoms with E-state index >= 15 is 0 Å². The number of hydrogen-bond acceptors (Lipinski definition) is 15. The van der Waals surface area contributed by atoms with Crippen molar-refractivity contribution in [2.75, 3.05) is 54.3 Å². The van der Waals surface area contributed by atoms with Crippen LogP contribution < -0.4 is 0 Å². The van der Waals surface area contributed by atoms with Crippen LogP contribution in [-0.2, 0) is 57.1 Å². The average molecular weight is 1020 g/mol. The van der Waals surface area contributed by atoms with Crippen LogP contribution in [0.3, 0.4) is 0 Å². The van der Waals surface area contributed by atoms with Crippen LogP contribution >= 0.6 is 0 Å². The molecule has 16 nitrogen and oxygen atoms in total. The number of cyclic esters (lactones) is 1. The van der Waals surface area contributed by atoms with Crippen molar-refractivity contribution in [1.82, 2.24) is 4.90 Å². The second-order valence-corrected chi connectivity index (χ2v) is 21.1. The number of carbonyl (C=O) groups is 5. The second kappa shape index (κ2) is 30.2. The molecule has 4 aliphatic rings. The Bertz CT molecular complexity index is 1880. The van der Waals surface area contributed by atoms with Crippen LogP contribution in [-0.4, -0.2) is 158 Å². The van der Waals surface area contributed by atoms with Crippen LogP contribution in [0.1, 0.15) is 132 Å². The molecule has 12 unspecified atom stereocenters. The fraction of sp³-hybridized carbons (Fsp3) is 0.768. The molecule has 4 rings (SSSR count). The van der Waals surface area contributed by atoms with Crippen molar-refractivity contribution in [3.63, 3.8) is 0 Å². The third-order valence-electron chi connectivity index (χ3n) is 15.4. The lowest BCUT2D eigenvalue weighted by Gasteiger charge is -2.43. The average Bonchev–Trinajstić information content (AvgIpc) is 3.36. The molecule has 1 saturated carbocycles. The Hall–Kier alpha value is -3.45. The maximum atomic E-state index is 14.6. The number of piperidine rings is 1. The van der Waals surface area contributed by atoms with Gasteiger partial charge in [0.15, 0.2) is 5.78 Å². The molecule has 0 aromatic rings. The zero-order valence-electron chi connectivity index (χ0n) is 45.0. The van der Waals surface area contributed by atoms with Crippen LogP contribution in [0.5, 0.6) is 0 Å². The number of hydrogen-bond donors (Lipinski definition) is 3. The van der Waals surface area contributed by atoms with Crippen molar-refractivity contribution in [3.05, 3.63) is 47.6 Å². The summed E-state index contributed by atoms with van der Waals surface area (Å²) in [5.74, 6) is -8.06. The first kappa shape index (κ1) is 61.1. The Morgan fingerprint density at radius 1 is 0.833 bits per heavy atom. The van der Waals surface area contributed by atoms with E-state index in [0.29, 0.717) is 70.2 Å². The Labute approximate surface area is 429 Å². The van der Waals surface area contributed by atoms with E-state index < -0.39 is 77.8 Å². The monoisotopic (exact) mass is 1020 g/mol. The summed E-state index contributed by atoms with van der Waals surface area (Å²) in [6.45, 7) is 13.9. The maximum Gasteiger partial charge on any atom is 0.329 e. The molecular weight excluding hydrogens is 927 g/mol. The van der Waals surface area contributed by atoms with Crippen molar-refractivity contribution >= 4 is 29.2 Å². The fourth-order valence-corrected chi connectivity index (χ4v) is 10.8. The van der Waals surface area contributed by atoms with Crippen LogP contribution in [0.2, 0.25) is 0 Å². The molecule has 72 heavy (non-hydrogen) atoms. The van der Waals surface area contributed by atoms with Crippen molar-refractivity contribution in [1.29, 1.82) is 0 Å². The van der Waals surface area contributed by atoms with E-state index in [1.807, 2.05) is 58.1 Å². The second-order valence-electron chi connectivity index (χ2n) is 21.1. The van der Waals surface area contributed by atoms with Gasteiger partial charge >= 0.3 is 5.97 Å². The number of fused-ring (bicyclic) bond motifs is 3. The van der Waals surface area contributed by atoms with Gasteiger partial charge in [0.1, 0.15) is 30.1 Å². The Balaban J connectivity index is 1.71. The van der Waals surface area contributed by atoms with Crippen molar-refractivity contribution in [2.24, 2.45) is 35.5 Å². The van der Waals surface area contributed by atoms with E-state index in [2.05, 4.69) is 0 Å². The standard InChI is InChI=1S/C56H89NO15/c1-35-17-12-11-13-18-36(2)47(70-28-27-66-8)33-43-22-20-41(7)56(65,72-43)53(62)54(63)57-24-15-14-19-44(57)55(64)71-48(38(4)31-42-21-23-46(49(32-42)67-9)69-26-16-25-58)34-45(59)37(3)30-40(6)51(61)52(68-10)50(60)39(5)29-35/h11-13,17-18,30,35,37-39,41-44,46-49,51-52,58,61,65H,14-16,19-29,31-34H2,1-10H3/t35?,37?,38?,39?,41?,42-,43?,44?,46+,47?,48?,49+,51?,52?,56?/m0/s1. The molecule has 0 aromatic heterocycles. The number of rotatable bonds is 13. The summed E-state index contributed by atoms with van der Waals surface area (Å²) in [5, 5.41) is 32.9. The van der Waals surface area contributed by atoms with Crippen LogP contribution in [0.25, 0.3) is 0 Å². The number of methoxy groups -OCH3 is 3. The normalized spacial score (nSPS) is 35.3. The number of aliphatic hydroxyl groups excluding tert-OH is 2. The predicted molar refractivity (Wildman–Crippen MR) is 271 cm³/mol. The number of esters is 1. The topological polar surface area (TPSA) is 214 Å². The highest BCUT2D eigenvalue weighted by Crippen LogP contribution is 2.38. The molecule has 3 N–H and O–H groups in total. The molecule has 3 aliphatic heterocycles. The summed E-state index contributed by atoms with van der Waals surface area (Å²) in [4.78, 5) is 72.6. The molecule has 408 valence electrons. The lowest BCUT2D eigenvalue weighted by molar-refractivity contribution is -0.266. The molecule has 1 amide bonds. The van der Waals surface area contributed by atoms with Gasteiger partial charge < -0.3 is 53.4 Å². The molecule has 2 saturated heterocycles. The quantitative estimate of drug-likeness (QED) is 0.0767. The van der Waals surface area contributed by atoms with Gasteiger partial charge in [0.2, 0.25) is 5.79 Å². The van der Waals surface area contributed by atoms with Crippen molar-refractivity contribution in [2.45, 2.75) is 186 Å². The van der Waals surface area contributed by atoms with Gasteiger partial charge in [-0.3, -0.25) is 19.2 Å². The summed E-state index contributed by atoms with van der Waals surface area (Å²) in [5.41, 5.74) is 1.24. The third kappa shape index (κ3) is 17.3. The van der Waals surface area contributed by atoms with Gasteiger partial charge in [0, 0.05) is 71.7 Å². The van der Waals surface area contributed by atoms with Gasteiger partial charge in [-0.1, -0.05) is 71.1 Å². The number of Topliss-reactive ketones (excluding diaryl/α,β-unsaturated/α-hetero) is 3. The Morgan fingerprint density at radius 2 is 1.58 bits per heavy atom. The molecule has 0 radical (unpaired) electrons. The first-order valence-electron chi connectivity index (χ1n) is 26.6. The van der Waals surface area contributed by atoms with E-state index in [1.54, 1.807) is 41.1 Å². The van der Waals surface area contributed by atoms with Gasteiger partial charge in [-0.2, -0.15) is 0 Å². The number of ketones is 3. The summed E-state index contributed by atoms with van der Waals surface area (Å²) >= 11 is 0. The number of allylic oxidation sites excluding steroid dienone is 6. The minimum absolute atomic E-state index is 0.000907. The van der Waals surface area contributed by atoms with E-state index in [4.69, 9.17) is 33.2 Å². The SMILES string of the molecule is COCCOC1CC2CCC(C)C(O)(O2)C(=O)C(=O)N2CCCCC2C(=O)OC(C(C)C[C@@H]2CC[C@@H](OCCCO)[C@H](OC)C2)CC(=O)C(C)C=C(C)C(O)C(OC)C(=O)C(C)CC(C)C=CC=CC=C1C. The van der Waals surface area contributed by atoms with Crippen LogP contribution in [0, 0.1) is 35.5 Å². The highest BCUT2D eigenvalue weighted by molar-refractivity contribution is 6.39. The summed E-state index contributed by atoms with van der Waals surface area (Å²) < 4.78 is 41.6. The molecule has 16 heteroatoms. The van der Waals surface area contributed by atoms with E-state index in [-0.39, 0.29) is 80.5 Å². The van der Waals surface area contributed by atoms with Crippen LogP contribution in [0.15, 0.2) is 47.6 Å². The lowest BCUT2D eigenvalue weighted by Crippen LogP contribution is -2.61. The van der Waals surface area contributed by atoms with Gasteiger partial charge in [-0.05, 0) is 113 Å². The van der Waals surface area contributed by atoms with Gasteiger partial charge in [0.25, 0.3) is 11.7 Å². The molecule has 3 fully saturated rings. The first-order chi connectivity index (χ1) is 34.3. The predicted octanol–water partition coefficient (Wildman–Crippen LogP) is 6.60. The summed E-state index contributed by atoms with van der Waals surface area (Å²) in [6, 6.07) is -1.16. The lowest BCUT2D eigenvalue weighted by atomic mass is 9.78. The van der Waals surface area contributed by atoms with E-state index in [1.165, 1.54) is 12.0 Å². The molecule has 1 aliphatic carbocycles. The first-order valence-corrected chi connectivity index (χ1v) is 26.6. The number of ether oxygens (including phenoxy) is 7. The van der Waals surface area contributed by atoms with Gasteiger partial charge in [-0.15, -0.1) is 0 Å².